The zero-order chi connectivity index (χ0) is 10.1. The fraction of sp³-hybridized carbons (Fsp3) is 0.182. The van der Waals surface area contributed by atoms with Crippen molar-refractivity contribution in [3.63, 3.8) is 0 Å². The molecule has 2 nitrogen and oxygen atoms in total. The van der Waals surface area contributed by atoms with Gasteiger partial charge in [0.2, 0.25) is 0 Å². The molecule has 1 aromatic heterocycles. The number of benzene rings is 1. The molecule has 0 aliphatic heterocycles. The second kappa shape index (κ2) is 3.42. The van der Waals surface area contributed by atoms with Gasteiger partial charge in [-0.1, -0.05) is 12.1 Å². The number of nitrogen functional groups attached to an aromatic ring is 1. The minimum absolute atomic E-state index is 0.829. The second-order valence-electron chi connectivity index (χ2n) is 3.31. The second-order valence-corrected chi connectivity index (χ2v) is 4.17. The summed E-state index contributed by atoms with van der Waals surface area (Å²) in [7, 11) is 0. The fourth-order valence-corrected chi connectivity index (χ4v) is 2.24. The summed E-state index contributed by atoms with van der Waals surface area (Å²) >= 11 is 1.66. The lowest BCUT2D eigenvalue weighted by atomic mass is 10.1. The number of rotatable bonds is 1. The van der Waals surface area contributed by atoms with E-state index < -0.39 is 0 Å². The topological polar surface area (TPSA) is 38.9 Å². The lowest BCUT2D eigenvalue weighted by molar-refractivity contribution is 1.26. The molecule has 0 saturated heterocycles. The molecule has 0 amide bonds. The molecule has 0 bridgehead atoms. The number of hydrogen-bond donors (Lipinski definition) is 1. The molecule has 2 aromatic rings. The van der Waals surface area contributed by atoms with Gasteiger partial charge in [0.05, 0.1) is 0 Å². The molecular weight excluding hydrogens is 192 g/mol. The van der Waals surface area contributed by atoms with Crippen LogP contribution in [0.3, 0.4) is 0 Å². The maximum atomic E-state index is 5.84. The van der Waals surface area contributed by atoms with Crippen molar-refractivity contribution in [2.75, 3.05) is 5.73 Å². The zero-order valence-electron chi connectivity index (χ0n) is 8.24. The maximum Gasteiger partial charge on any atom is 0.123 e. The predicted molar refractivity (Wildman–Crippen MR) is 61.4 cm³/mol. The maximum absolute atomic E-state index is 5.84. The van der Waals surface area contributed by atoms with E-state index in [1.165, 1.54) is 0 Å². The zero-order valence-corrected chi connectivity index (χ0v) is 9.06. The van der Waals surface area contributed by atoms with E-state index >= 15 is 0 Å². The lowest BCUT2D eigenvalue weighted by Crippen LogP contribution is -1.91. The van der Waals surface area contributed by atoms with E-state index in [1.807, 2.05) is 26.0 Å². The van der Waals surface area contributed by atoms with E-state index in [1.54, 1.807) is 11.3 Å². The van der Waals surface area contributed by atoms with Crippen molar-refractivity contribution in [2.45, 2.75) is 13.8 Å². The van der Waals surface area contributed by atoms with Crippen LogP contribution < -0.4 is 5.73 Å². The van der Waals surface area contributed by atoms with Crippen molar-refractivity contribution in [1.29, 1.82) is 0 Å². The van der Waals surface area contributed by atoms with Gasteiger partial charge in [0.25, 0.3) is 0 Å². The van der Waals surface area contributed by atoms with E-state index in [0.29, 0.717) is 0 Å². The van der Waals surface area contributed by atoms with Gasteiger partial charge in [-0.3, -0.25) is 0 Å². The summed E-state index contributed by atoms with van der Waals surface area (Å²) < 4.78 is 0. The van der Waals surface area contributed by atoms with Crippen LogP contribution in [0.1, 0.15) is 11.3 Å². The Morgan fingerprint density at radius 1 is 1.29 bits per heavy atom. The molecule has 0 unspecified atom stereocenters. The molecule has 1 heterocycles. The molecule has 2 N–H and O–H groups in total. The first-order chi connectivity index (χ1) is 6.68. The van der Waals surface area contributed by atoms with Gasteiger partial charge in [-0.05, 0) is 25.5 Å². The molecule has 0 aliphatic carbocycles. The third-order valence-corrected chi connectivity index (χ3v) is 3.22. The van der Waals surface area contributed by atoms with Gasteiger partial charge in [-0.15, -0.1) is 11.3 Å². The summed E-state index contributed by atoms with van der Waals surface area (Å²) in [6, 6.07) is 5.94. The first-order valence-electron chi connectivity index (χ1n) is 4.46. The van der Waals surface area contributed by atoms with E-state index in [2.05, 4.69) is 16.4 Å². The van der Waals surface area contributed by atoms with Crippen LogP contribution in [-0.4, -0.2) is 4.98 Å². The van der Waals surface area contributed by atoms with E-state index in [0.717, 1.165) is 27.5 Å². The highest BCUT2D eigenvalue weighted by molar-refractivity contribution is 7.13. The summed E-state index contributed by atoms with van der Waals surface area (Å²) in [6.07, 6.45) is 0. The van der Waals surface area contributed by atoms with Crippen LogP contribution in [0.2, 0.25) is 0 Å². The van der Waals surface area contributed by atoms with Crippen LogP contribution in [0, 0.1) is 13.8 Å². The molecule has 0 saturated carbocycles. The Morgan fingerprint density at radius 2 is 2.07 bits per heavy atom. The number of nitrogens with zero attached hydrogens (tertiary/aromatic N) is 1. The molecule has 1 aromatic carbocycles. The van der Waals surface area contributed by atoms with Crippen LogP contribution in [0.15, 0.2) is 23.6 Å². The van der Waals surface area contributed by atoms with Crippen LogP contribution in [0.4, 0.5) is 5.69 Å². The molecule has 14 heavy (non-hydrogen) atoms. The fourth-order valence-electron chi connectivity index (χ4n) is 1.36. The lowest BCUT2D eigenvalue weighted by Gasteiger charge is -2.04. The Bertz CT molecular complexity index is 460. The van der Waals surface area contributed by atoms with Crippen LogP contribution in [-0.2, 0) is 0 Å². The van der Waals surface area contributed by atoms with Crippen molar-refractivity contribution in [1.82, 2.24) is 4.98 Å². The minimum atomic E-state index is 0.829. The number of thiazole rings is 1. The average molecular weight is 204 g/mol. The van der Waals surface area contributed by atoms with Crippen molar-refractivity contribution in [2.24, 2.45) is 0 Å². The first-order valence-corrected chi connectivity index (χ1v) is 5.34. The highest BCUT2D eigenvalue weighted by atomic mass is 32.1. The minimum Gasteiger partial charge on any atom is -0.398 e. The third kappa shape index (κ3) is 1.51. The molecule has 0 spiro atoms. The van der Waals surface area contributed by atoms with E-state index in [-0.39, 0.29) is 0 Å². The Morgan fingerprint density at radius 3 is 2.71 bits per heavy atom. The van der Waals surface area contributed by atoms with Gasteiger partial charge < -0.3 is 5.73 Å². The Kier molecular flexibility index (Phi) is 2.25. The van der Waals surface area contributed by atoms with Crippen LogP contribution in [0.25, 0.3) is 10.6 Å². The Balaban J connectivity index is 2.57. The largest absolute Gasteiger partial charge is 0.398 e. The molecule has 0 fully saturated rings. The number of nitrogens with two attached hydrogens (primary N) is 1. The van der Waals surface area contributed by atoms with Gasteiger partial charge in [-0.2, -0.15) is 0 Å². The van der Waals surface area contributed by atoms with Crippen molar-refractivity contribution < 1.29 is 0 Å². The predicted octanol–water partition coefficient (Wildman–Crippen LogP) is 3.01. The van der Waals surface area contributed by atoms with Gasteiger partial charge >= 0.3 is 0 Å². The molecule has 0 radical (unpaired) electrons. The number of aryl methyl sites for hydroxylation is 1. The molecule has 72 valence electrons. The molecule has 2 rings (SSSR count). The molecule has 0 aliphatic rings. The summed E-state index contributed by atoms with van der Waals surface area (Å²) in [6.45, 7) is 4.03. The average Bonchev–Trinajstić information content (AvgIpc) is 2.57. The van der Waals surface area contributed by atoms with Crippen LogP contribution >= 0.6 is 11.3 Å². The normalized spacial score (nSPS) is 10.4. The summed E-state index contributed by atoms with van der Waals surface area (Å²) in [5.74, 6) is 0. The van der Waals surface area contributed by atoms with Crippen molar-refractivity contribution in [3.05, 3.63) is 34.8 Å². The number of anilines is 1. The summed E-state index contributed by atoms with van der Waals surface area (Å²) in [5, 5.41) is 3.10. The van der Waals surface area contributed by atoms with Gasteiger partial charge in [-0.25, -0.2) is 4.98 Å². The monoisotopic (exact) mass is 204 g/mol. The van der Waals surface area contributed by atoms with E-state index in [4.69, 9.17) is 5.73 Å². The van der Waals surface area contributed by atoms with Gasteiger partial charge in [0.1, 0.15) is 5.01 Å². The van der Waals surface area contributed by atoms with Crippen LogP contribution in [0.5, 0.6) is 0 Å². The SMILES string of the molecule is Cc1csc(-c2cccc(N)c2C)n1. The molecule has 0 atom stereocenters. The number of aromatic nitrogens is 1. The molecular formula is C11H12N2S. The van der Waals surface area contributed by atoms with Gasteiger partial charge in [0.15, 0.2) is 0 Å². The summed E-state index contributed by atoms with van der Waals surface area (Å²) in [5.41, 5.74) is 9.99. The third-order valence-electron chi connectivity index (χ3n) is 2.23. The molecule has 3 heteroatoms. The van der Waals surface area contributed by atoms with E-state index in [9.17, 15) is 0 Å². The standard InChI is InChI=1S/C11H12N2S/c1-7-6-14-11(13-7)9-4-3-5-10(12)8(9)2/h3-6H,12H2,1-2H3. The van der Waals surface area contributed by atoms with Crippen molar-refractivity contribution >= 4 is 17.0 Å². The highest BCUT2D eigenvalue weighted by Crippen LogP contribution is 2.29. The Labute approximate surface area is 87.4 Å². The number of hydrogen-bond acceptors (Lipinski definition) is 3. The summed E-state index contributed by atoms with van der Waals surface area (Å²) in [4.78, 5) is 4.45. The van der Waals surface area contributed by atoms with Crippen molar-refractivity contribution in [3.8, 4) is 10.6 Å². The first kappa shape index (κ1) is 9.21. The highest BCUT2D eigenvalue weighted by Gasteiger charge is 2.06. The quantitative estimate of drug-likeness (QED) is 0.725. The Hall–Kier alpha value is -1.35. The van der Waals surface area contributed by atoms with Gasteiger partial charge in [0, 0.05) is 22.3 Å². The smallest absolute Gasteiger partial charge is 0.123 e.